The summed E-state index contributed by atoms with van der Waals surface area (Å²) in [6.07, 6.45) is 1.46. The van der Waals surface area contributed by atoms with Crippen molar-refractivity contribution < 1.29 is 19.4 Å². The van der Waals surface area contributed by atoms with E-state index < -0.39 is 0 Å². The molecule has 0 aliphatic heterocycles. The van der Waals surface area contributed by atoms with Gasteiger partial charge in [-0.05, 0) is 71.2 Å². The van der Waals surface area contributed by atoms with Crippen LogP contribution in [0.1, 0.15) is 18.1 Å². The molecule has 0 unspecified atom stereocenters. The summed E-state index contributed by atoms with van der Waals surface area (Å²) in [5, 5.41) is 13.5. The van der Waals surface area contributed by atoms with Gasteiger partial charge in [-0.3, -0.25) is 4.79 Å². The van der Waals surface area contributed by atoms with E-state index in [1.807, 2.05) is 26.0 Å². The molecular weight excluding hydrogens is 468 g/mol. The molecule has 138 valence electrons. The van der Waals surface area contributed by atoms with Crippen LogP contribution in [0.4, 0.5) is 0 Å². The van der Waals surface area contributed by atoms with Crippen LogP contribution in [-0.2, 0) is 4.79 Å². The van der Waals surface area contributed by atoms with Crippen LogP contribution in [0.5, 0.6) is 17.2 Å². The van der Waals surface area contributed by atoms with Gasteiger partial charge in [-0.2, -0.15) is 5.10 Å². The predicted octanol–water partition coefficient (Wildman–Crippen LogP) is 4.15. The molecule has 8 heteroatoms. The normalized spacial score (nSPS) is 10.8. The highest BCUT2D eigenvalue weighted by Gasteiger charge is 2.09. The zero-order chi connectivity index (χ0) is 19.1. The minimum absolute atomic E-state index is 0.0527. The number of benzene rings is 2. The second kappa shape index (κ2) is 9.59. The highest BCUT2D eigenvalue weighted by atomic mass is 79.9. The third-order valence-electron chi connectivity index (χ3n) is 3.23. The number of phenols is 1. The van der Waals surface area contributed by atoms with Crippen LogP contribution in [0.25, 0.3) is 0 Å². The molecule has 0 spiro atoms. The molecule has 0 radical (unpaired) electrons. The molecule has 0 aliphatic carbocycles. The molecule has 0 bridgehead atoms. The molecule has 26 heavy (non-hydrogen) atoms. The summed E-state index contributed by atoms with van der Waals surface area (Å²) in [5.74, 6) is 0.630. The lowest BCUT2D eigenvalue weighted by molar-refractivity contribution is -0.123. The molecule has 0 fully saturated rings. The van der Waals surface area contributed by atoms with Gasteiger partial charge in [0.2, 0.25) is 0 Å². The number of aromatic hydroxyl groups is 1. The third kappa shape index (κ3) is 5.74. The number of aryl methyl sites for hydroxylation is 1. The van der Waals surface area contributed by atoms with Crippen molar-refractivity contribution in [2.75, 3.05) is 13.2 Å². The van der Waals surface area contributed by atoms with Crippen LogP contribution in [0.3, 0.4) is 0 Å². The molecule has 0 atom stereocenters. The first-order chi connectivity index (χ1) is 12.4. The van der Waals surface area contributed by atoms with Crippen molar-refractivity contribution in [1.29, 1.82) is 0 Å². The fraction of sp³-hybridized carbons (Fsp3) is 0.222. The zero-order valence-electron chi connectivity index (χ0n) is 14.3. The van der Waals surface area contributed by atoms with E-state index in [1.54, 1.807) is 12.1 Å². The first-order valence-corrected chi connectivity index (χ1v) is 9.35. The van der Waals surface area contributed by atoms with Gasteiger partial charge < -0.3 is 14.6 Å². The van der Waals surface area contributed by atoms with Gasteiger partial charge in [0, 0.05) is 4.47 Å². The van der Waals surface area contributed by atoms with Crippen molar-refractivity contribution in [2.45, 2.75) is 13.8 Å². The second-order valence-corrected chi connectivity index (χ2v) is 7.05. The van der Waals surface area contributed by atoms with Crippen LogP contribution in [0, 0.1) is 6.92 Å². The molecule has 0 saturated heterocycles. The van der Waals surface area contributed by atoms with E-state index in [0.29, 0.717) is 23.7 Å². The fourth-order valence-corrected chi connectivity index (χ4v) is 3.66. The third-order valence-corrected chi connectivity index (χ3v) is 4.28. The van der Waals surface area contributed by atoms with Gasteiger partial charge in [0.05, 0.1) is 17.3 Å². The molecule has 1 amide bonds. The summed E-state index contributed by atoms with van der Waals surface area (Å²) in [5.41, 5.74) is 3.97. The Bertz CT molecular complexity index is 802. The summed E-state index contributed by atoms with van der Waals surface area (Å²) in [7, 11) is 0. The van der Waals surface area contributed by atoms with Crippen molar-refractivity contribution in [3.05, 3.63) is 50.4 Å². The van der Waals surface area contributed by atoms with Gasteiger partial charge in [0.25, 0.3) is 5.91 Å². The highest BCUT2D eigenvalue weighted by molar-refractivity contribution is 9.11. The van der Waals surface area contributed by atoms with Crippen molar-refractivity contribution in [3.63, 3.8) is 0 Å². The smallest absolute Gasteiger partial charge is 0.277 e. The summed E-state index contributed by atoms with van der Waals surface area (Å²) >= 11 is 6.80. The van der Waals surface area contributed by atoms with E-state index in [2.05, 4.69) is 42.4 Å². The number of rotatable bonds is 7. The van der Waals surface area contributed by atoms with Crippen molar-refractivity contribution in [2.24, 2.45) is 5.10 Å². The van der Waals surface area contributed by atoms with Crippen LogP contribution in [0.2, 0.25) is 0 Å². The minimum Gasteiger partial charge on any atom is -0.504 e. The number of carbonyl (C=O) groups excluding carboxylic acids is 1. The van der Waals surface area contributed by atoms with Crippen LogP contribution >= 0.6 is 31.9 Å². The lowest BCUT2D eigenvalue weighted by atomic mass is 10.2. The van der Waals surface area contributed by atoms with Gasteiger partial charge in [-0.15, -0.1) is 0 Å². The number of hydrogen-bond donors (Lipinski definition) is 2. The Morgan fingerprint density at radius 2 is 2.04 bits per heavy atom. The Kier molecular flexibility index (Phi) is 7.47. The molecule has 2 N–H and O–H groups in total. The van der Waals surface area contributed by atoms with Crippen molar-refractivity contribution in [3.8, 4) is 17.2 Å². The Labute approximate surface area is 168 Å². The number of nitrogens with zero attached hydrogens (tertiary/aromatic N) is 1. The molecule has 0 aromatic heterocycles. The molecule has 0 saturated carbocycles. The number of nitrogens with one attached hydrogen (secondary N) is 1. The van der Waals surface area contributed by atoms with Crippen LogP contribution in [-0.4, -0.2) is 30.4 Å². The van der Waals surface area contributed by atoms with E-state index >= 15 is 0 Å². The Morgan fingerprint density at radius 3 is 2.73 bits per heavy atom. The van der Waals surface area contributed by atoms with Crippen molar-refractivity contribution in [1.82, 2.24) is 5.43 Å². The van der Waals surface area contributed by atoms with Gasteiger partial charge >= 0.3 is 0 Å². The van der Waals surface area contributed by atoms with Gasteiger partial charge in [0.15, 0.2) is 18.1 Å². The summed E-state index contributed by atoms with van der Waals surface area (Å²) < 4.78 is 12.5. The number of amides is 1. The maximum Gasteiger partial charge on any atom is 0.277 e. The van der Waals surface area contributed by atoms with Gasteiger partial charge in [-0.25, -0.2) is 5.43 Å². The summed E-state index contributed by atoms with van der Waals surface area (Å²) in [6.45, 7) is 3.99. The highest BCUT2D eigenvalue weighted by Crippen LogP contribution is 2.32. The van der Waals surface area contributed by atoms with E-state index in [4.69, 9.17) is 9.47 Å². The standard InChI is InChI=1S/C18H18Br2N2O4/c1-3-25-16-7-12(4-5-15(16)23)9-21-22-17(24)10-26-18-11(2)6-13(19)8-14(18)20/h4-9,23H,3,10H2,1-2H3,(H,22,24). The summed E-state index contributed by atoms with van der Waals surface area (Å²) in [6, 6.07) is 8.54. The fourth-order valence-electron chi connectivity index (χ4n) is 2.10. The van der Waals surface area contributed by atoms with E-state index in [0.717, 1.165) is 14.5 Å². The Hall–Kier alpha value is -2.06. The predicted molar refractivity (Wildman–Crippen MR) is 107 cm³/mol. The molecular formula is C18H18Br2N2O4. The number of carbonyl (C=O) groups is 1. The molecule has 2 aromatic carbocycles. The van der Waals surface area contributed by atoms with E-state index in [9.17, 15) is 9.90 Å². The Morgan fingerprint density at radius 1 is 1.27 bits per heavy atom. The zero-order valence-corrected chi connectivity index (χ0v) is 17.4. The number of phenolic OH excluding ortho intramolecular Hbond substituents is 1. The largest absolute Gasteiger partial charge is 0.504 e. The molecule has 2 aromatic rings. The lowest BCUT2D eigenvalue weighted by Crippen LogP contribution is -2.24. The van der Waals surface area contributed by atoms with Gasteiger partial charge in [-0.1, -0.05) is 15.9 Å². The Balaban J connectivity index is 1.91. The molecule has 0 heterocycles. The maximum absolute atomic E-state index is 11.9. The topological polar surface area (TPSA) is 80.2 Å². The first kappa shape index (κ1) is 20.3. The van der Waals surface area contributed by atoms with Gasteiger partial charge in [0.1, 0.15) is 5.75 Å². The second-order valence-electron chi connectivity index (χ2n) is 5.28. The number of hydrazone groups is 1. The SMILES string of the molecule is CCOc1cc(C=NNC(=O)COc2c(C)cc(Br)cc2Br)ccc1O. The summed E-state index contributed by atoms with van der Waals surface area (Å²) in [4.78, 5) is 11.9. The van der Waals surface area contributed by atoms with Crippen molar-refractivity contribution >= 4 is 44.0 Å². The number of ether oxygens (including phenoxy) is 2. The number of halogens is 2. The van der Waals surface area contributed by atoms with Crippen LogP contribution in [0.15, 0.2) is 44.4 Å². The molecule has 2 rings (SSSR count). The van der Waals surface area contributed by atoms with E-state index in [1.165, 1.54) is 12.3 Å². The van der Waals surface area contributed by atoms with E-state index in [-0.39, 0.29) is 18.3 Å². The minimum atomic E-state index is -0.390. The quantitative estimate of drug-likeness (QED) is 0.456. The number of hydrogen-bond acceptors (Lipinski definition) is 5. The average molecular weight is 486 g/mol. The monoisotopic (exact) mass is 484 g/mol. The molecule has 0 aliphatic rings. The first-order valence-electron chi connectivity index (χ1n) is 7.77. The van der Waals surface area contributed by atoms with Crippen LogP contribution < -0.4 is 14.9 Å². The molecule has 6 nitrogen and oxygen atoms in total. The average Bonchev–Trinajstić information content (AvgIpc) is 2.57. The lowest BCUT2D eigenvalue weighted by Gasteiger charge is -2.10. The maximum atomic E-state index is 11.9.